The normalized spacial score (nSPS) is 11.0. The van der Waals surface area contributed by atoms with Crippen LogP contribution in [0.25, 0.3) is 6.08 Å². The highest BCUT2D eigenvalue weighted by Crippen LogP contribution is 2.33. The number of benzene rings is 1. The van der Waals surface area contributed by atoms with Crippen LogP contribution in [0, 0.1) is 11.3 Å². The van der Waals surface area contributed by atoms with Crippen molar-refractivity contribution in [2.45, 2.75) is 6.61 Å². The zero-order valence-electron chi connectivity index (χ0n) is 12.3. The Bertz CT molecular complexity index is 786. The maximum absolute atomic E-state index is 12.6. The van der Waals surface area contributed by atoms with Crippen molar-refractivity contribution < 1.29 is 23.0 Å². The number of hydrogen-bond acceptors (Lipinski definition) is 6. The highest BCUT2D eigenvalue weighted by Gasteiger charge is 2.17. The molecule has 0 unspecified atom stereocenters. The zero-order valence-corrected chi connectivity index (χ0v) is 13.1. The molecule has 1 amide bonds. The van der Waals surface area contributed by atoms with E-state index < -0.39 is 12.5 Å². The van der Waals surface area contributed by atoms with Gasteiger partial charge in [0, 0.05) is 17.1 Å². The average molecular weight is 351 g/mol. The SMILES string of the molecule is COc1cccc(/C=C(\C#N)C(=O)Nc2nccs2)c1OC(F)F. The van der Waals surface area contributed by atoms with Crippen molar-refractivity contribution >= 4 is 28.5 Å². The van der Waals surface area contributed by atoms with E-state index in [-0.39, 0.29) is 22.6 Å². The van der Waals surface area contributed by atoms with Crippen molar-refractivity contribution in [2.24, 2.45) is 0 Å². The van der Waals surface area contributed by atoms with Crippen LogP contribution in [-0.2, 0) is 4.79 Å². The minimum Gasteiger partial charge on any atom is -0.493 e. The van der Waals surface area contributed by atoms with Gasteiger partial charge in [0.05, 0.1) is 7.11 Å². The number of anilines is 1. The van der Waals surface area contributed by atoms with Gasteiger partial charge in [-0.15, -0.1) is 11.3 Å². The molecule has 0 fully saturated rings. The Morgan fingerprint density at radius 3 is 2.88 bits per heavy atom. The van der Waals surface area contributed by atoms with Crippen LogP contribution in [-0.4, -0.2) is 24.6 Å². The number of para-hydroxylation sites is 1. The van der Waals surface area contributed by atoms with E-state index in [4.69, 9.17) is 10.00 Å². The summed E-state index contributed by atoms with van der Waals surface area (Å²) in [6, 6.07) is 6.10. The van der Waals surface area contributed by atoms with Crippen LogP contribution in [0.15, 0.2) is 35.3 Å². The number of carbonyl (C=O) groups excluding carboxylic acids is 1. The summed E-state index contributed by atoms with van der Waals surface area (Å²) in [5, 5.41) is 13.6. The van der Waals surface area contributed by atoms with Crippen LogP contribution in [0.2, 0.25) is 0 Å². The van der Waals surface area contributed by atoms with Gasteiger partial charge in [0.25, 0.3) is 5.91 Å². The van der Waals surface area contributed by atoms with Crippen molar-refractivity contribution in [3.63, 3.8) is 0 Å². The van der Waals surface area contributed by atoms with Crippen LogP contribution in [0.1, 0.15) is 5.56 Å². The number of carbonyl (C=O) groups is 1. The van der Waals surface area contributed by atoms with E-state index in [0.29, 0.717) is 5.13 Å². The minimum absolute atomic E-state index is 0.0571. The van der Waals surface area contributed by atoms with Gasteiger partial charge in [-0.3, -0.25) is 10.1 Å². The molecule has 6 nitrogen and oxygen atoms in total. The number of rotatable bonds is 6. The Kier molecular flexibility index (Phi) is 5.81. The van der Waals surface area contributed by atoms with Crippen LogP contribution in [0.5, 0.6) is 11.5 Å². The highest BCUT2D eigenvalue weighted by molar-refractivity contribution is 7.13. The number of halogens is 2. The third-order valence-corrected chi connectivity index (χ3v) is 3.44. The third-order valence-electron chi connectivity index (χ3n) is 2.75. The second-order valence-electron chi connectivity index (χ2n) is 4.22. The quantitative estimate of drug-likeness (QED) is 0.638. The van der Waals surface area contributed by atoms with Gasteiger partial charge >= 0.3 is 6.61 Å². The molecule has 2 aromatic rings. The first-order valence-electron chi connectivity index (χ1n) is 6.49. The summed E-state index contributed by atoms with van der Waals surface area (Å²) in [6.07, 6.45) is 2.63. The van der Waals surface area contributed by atoms with Gasteiger partial charge in [-0.2, -0.15) is 14.0 Å². The number of methoxy groups -OCH3 is 1. The maximum Gasteiger partial charge on any atom is 0.387 e. The number of nitrogens with zero attached hydrogens (tertiary/aromatic N) is 2. The summed E-state index contributed by atoms with van der Waals surface area (Å²) in [5.41, 5.74) is -0.182. The Morgan fingerprint density at radius 1 is 1.50 bits per heavy atom. The summed E-state index contributed by atoms with van der Waals surface area (Å²) in [7, 11) is 1.29. The molecule has 0 aliphatic rings. The molecule has 124 valence electrons. The average Bonchev–Trinajstić information content (AvgIpc) is 3.06. The van der Waals surface area contributed by atoms with E-state index in [9.17, 15) is 13.6 Å². The summed E-state index contributed by atoms with van der Waals surface area (Å²) in [6.45, 7) is -3.08. The molecule has 0 aliphatic carbocycles. The second-order valence-corrected chi connectivity index (χ2v) is 5.11. The fourth-order valence-corrected chi connectivity index (χ4v) is 2.30. The van der Waals surface area contributed by atoms with E-state index in [1.165, 1.54) is 42.8 Å². The molecule has 0 saturated carbocycles. The number of ether oxygens (including phenoxy) is 2. The Hall–Kier alpha value is -2.99. The van der Waals surface area contributed by atoms with Gasteiger partial charge in [-0.1, -0.05) is 12.1 Å². The molecule has 1 heterocycles. The molecule has 9 heteroatoms. The van der Waals surface area contributed by atoms with Crippen molar-refractivity contribution in [2.75, 3.05) is 12.4 Å². The molecule has 0 saturated heterocycles. The standard InChI is InChI=1S/C15H11F2N3O3S/c1-22-11-4-2-3-9(12(11)23-14(16)17)7-10(8-18)13(21)20-15-19-5-6-24-15/h2-7,14H,1H3,(H,19,20,21)/b10-7+. The molecule has 0 atom stereocenters. The highest BCUT2D eigenvalue weighted by atomic mass is 32.1. The van der Waals surface area contributed by atoms with E-state index in [1.54, 1.807) is 11.4 Å². The van der Waals surface area contributed by atoms with Crippen molar-refractivity contribution in [3.8, 4) is 17.6 Å². The van der Waals surface area contributed by atoms with Gasteiger partial charge in [-0.05, 0) is 12.1 Å². The fourth-order valence-electron chi connectivity index (χ4n) is 1.78. The Morgan fingerprint density at radius 2 is 2.29 bits per heavy atom. The van der Waals surface area contributed by atoms with Gasteiger partial charge in [0.15, 0.2) is 16.6 Å². The number of thiazole rings is 1. The Balaban J connectivity index is 2.36. The second kappa shape index (κ2) is 8.03. The van der Waals surface area contributed by atoms with E-state index in [1.807, 2.05) is 0 Å². The van der Waals surface area contributed by atoms with Gasteiger partial charge < -0.3 is 9.47 Å². The summed E-state index contributed by atoms with van der Waals surface area (Å²) < 4.78 is 34.6. The molecular formula is C15H11F2N3O3S. The van der Waals surface area contributed by atoms with Gasteiger partial charge in [-0.25, -0.2) is 4.98 Å². The first-order valence-corrected chi connectivity index (χ1v) is 7.37. The lowest BCUT2D eigenvalue weighted by molar-refractivity contribution is -0.112. The monoisotopic (exact) mass is 351 g/mol. The first kappa shape index (κ1) is 17.4. The molecule has 24 heavy (non-hydrogen) atoms. The molecule has 2 rings (SSSR count). The van der Waals surface area contributed by atoms with Crippen LogP contribution in [0.4, 0.5) is 13.9 Å². The van der Waals surface area contributed by atoms with Crippen molar-refractivity contribution in [3.05, 3.63) is 40.9 Å². The van der Waals surface area contributed by atoms with Crippen LogP contribution >= 0.6 is 11.3 Å². The van der Waals surface area contributed by atoms with Crippen molar-refractivity contribution in [1.29, 1.82) is 5.26 Å². The number of alkyl halides is 2. The van der Waals surface area contributed by atoms with Gasteiger partial charge in [0.1, 0.15) is 11.6 Å². The number of amides is 1. The predicted molar refractivity (Wildman–Crippen MR) is 84.0 cm³/mol. The minimum atomic E-state index is -3.08. The lowest BCUT2D eigenvalue weighted by Gasteiger charge is -2.12. The fraction of sp³-hybridized carbons (Fsp3) is 0.133. The number of nitrogens with one attached hydrogen (secondary N) is 1. The summed E-state index contributed by atoms with van der Waals surface area (Å²) in [4.78, 5) is 15.9. The Labute approximate surface area is 140 Å². The summed E-state index contributed by atoms with van der Waals surface area (Å²) >= 11 is 1.18. The predicted octanol–water partition coefficient (Wildman–Crippen LogP) is 3.30. The van der Waals surface area contributed by atoms with Crippen molar-refractivity contribution in [1.82, 2.24) is 4.98 Å². The van der Waals surface area contributed by atoms with Crippen LogP contribution < -0.4 is 14.8 Å². The largest absolute Gasteiger partial charge is 0.493 e. The lowest BCUT2D eigenvalue weighted by Crippen LogP contribution is -2.13. The van der Waals surface area contributed by atoms with E-state index in [2.05, 4.69) is 15.0 Å². The third kappa shape index (κ3) is 4.27. The molecule has 0 spiro atoms. The molecular weight excluding hydrogens is 340 g/mol. The smallest absolute Gasteiger partial charge is 0.387 e. The maximum atomic E-state index is 12.6. The number of nitriles is 1. The van der Waals surface area contributed by atoms with E-state index in [0.717, 1.165) is 6.08 Å². The summed E-state index contributed by atoms with van der Waals surface area (Å²) in [5.74, 6) is -0.912. The molecule has 0 radical (unpaired) electrons. The number of aromatic nitrogens is 1. The molecule has 1 aromatic heterocycles. The molecule has 0 bridgehead atoms. The van der Waals surface area contributed by atoms with E-state index >= 15 is 0 Å². The molecule has 1 N–H and O–H groups in total. The molecule has 0 aliphatic heterocycles. The zero-order chi connectivity index (χ0) is 17.5. The topological polar surface area (TPSA) is 84.2 Å². The lowest BCUT2D eigenvalue weighted by atomic mass is 10.1. The first-order chi connectivity index (χ1) is 11.5. The van der Waals surface area contributed by atoms with Gasteiger partial charge in [0.2, 0.25) is 0 Å². The number of hydrogen-bond donors (Lipinski definition) is 1. The molecule has 1 aromatic carbocycles. The van der Waals surface area contributed by atoms with Crippen LogP contribution in [0.3, 0.4) is 0 Å².